The summed E-state index contributed by atoms with van der Waals surface area (Å²) in [6, 6.07) is 5.05. The summed E-state index contributed by atoms with van der Waals surface area (Å²) in [5, 5.41) is 29.2. The van der Waals surface area contributed by atoms with E-state index < -0.39 is 23.3 Å². The van der Waals surface area contributed by atoms with Crippen molar-refractivity contribution in [3.05, 3.63) is 46.3 Å². The lowest BCUT2D eigenvalue weighted by Gasteiger charge is -2.26. The fourth-order valence-corrected chi connectivity index (χ4v) is 4.93. The van der Waals surface area contributed by atoms with Crippen LogP contribution in [0.4, 0.5) is 0 Å². The van der Waals surface area contributed by atoms with Gasteiger partial charge in [-0.3, -0.25) is 24.6 Å². The van der Waals surface area contributed by atoms with Crippen LogP contribution in [-0.4, -0.2) is 83.0 Å². The Morgan fingerprint density at radius 1 is 0.936 bits per heavy atom. The zero-order chi connectivity index (χ0) is 34.0. The molecular weight excluding hydrogens is 676 g/mol. The molecule has 1 aliphatic heterocycles. The number of fused-ring (bicyclic) bond motifs is 1. The monoisotopic (exact) mass is 720 g/mol. The number of amides is 1. The number of carbonyl (C=O) groups is 4. The van der Waals surface area contributed by atoms with Gasteiger partial charge in [0.2, 0.25) is 0 Å². The lowest BCUT2D eigenvalue weighted by Crippen LogP contribution is -2.31. The van der Waals surface area contributed by atoms with Crippen LogP contribution in [0.3, 0.4) is 0 Å². The minimum atomic E-state index is -0.892. The first-order valence-corrected chi connectivity index (χ1v) is 15.4. The Labute approximate surface area is 285 Å². The van der Waals surface area contributed by atoms with Gasteiger partial charge in [-0.2, -0.15) is 0 Å². The summed E-state index contributed by atoms with van der Waals surface area (Å²) < 4.78 is 17.9. The summed E-state index contributed by atoms with van der Waals surface area (Å²) in [6.07, 6.45) is 1.89. The lowest BCUT2D eigenvalue weighted by molar-refractivity contribution is -0.138. The van der Waals surface area contributed by atoms with Crippen LogP contribution >= 0.6 is 17.0 Å². The van der Waals surface area contributed by atoms with Crippen molar-refractivity contribution in [1.82, 2.24) is 15.2 Å². The first-order chi connectivity index (χ1) is 21.8. The highest BCUT2D eigenvalue weighted by Gasteiger charge is 2.32. The van der Waals surface area contributed by atoms with Crippen LogP contribution in [0.2, 0.25) is 0 Å². The van der Waals surface area contributed by atoms with Crippen LogP contribution in [0.1, 0.15) is 104 Å². The van der Waals surface area contributed by atoms with Crippen LogP contribution in [0, 0.1) is 5.41 Å². The van der Waals surface area contributed by atoms with Crippen molar-refractivity contribution in [2.75, 3.05) is 33.4 Å². The smallest absolute Gasteiger partial charge is 0.303 e. The fraction of sp³-hybridized carbons (Fsp3) is 0.515. The highest BCUT2D eigenvalue weighted by Crippen LogP contribution is 2.41. The normalized spacial score (nSPS) is 12.2. The van der Waals surface area contributed by atoms with Gasteiger partial charge in [-0.05, 0) is 56.2 Å². The van der Waals surface area contributed by atoms with Crippen LogP contribution in [0.5, 0.6) is 17.2 Å². The number of benzene rings is 1. The molecule has 2 aromatic rings. The Balaban J connectivity index is 0.00000768. The van der Waals surface area contributed by atoms with Crippen molar-refractivity contribution in [2.45, 2.75) is 78.2 Å². The quantitative estimate of drug-likeness (QED) is 0.120. The van der Waals surface area contributed by atoms with Crippen LogP contribution < -0.4 is 19.5 Å². The maximum absolute atomic E-state index is 13.8. The molecule has 0 bridgehead atoms. The molecule has 1 amide bonds. The number of rotatable bonds is 18. The van der Waals surface area contributed by atoms with E-state index in [0.717, 1.165) is 5.56 Å². The number of aromatic nitrogens is 1. The molecule has 14 heteroatoms. The van der Waals surface area contributed by atoms with Crippen molar-refractivity contribution < 1.29 is 43.6 Å². The van der Waals surface area contributed by atoms with Gasteiger partial charge in [-0.1, -0.05) is 20.8 Å². The van der Waals surface area contributed by atoms with Gasteiger partial charge in [0.1, 0.15) is 11.5 Å². The third kappa shape index (κ3) is 10.7. The number of ether oxygens (including phenoxy) is 3. The third-order valence-electron chi connectivity index (χ3n) is 7.30. The summed E-state index contributed by atoms with van der Waals surface area (Å²) in [5.41, 5.74) is 1.64. The summed E-state index contributed by atoms with van der Waals surface area (Å²) in [7, 11) is 1.49. The topological polar surface area (TPSA) is 188 Å². The molecule has 3 rings (SSSR count). The zero-order valence-corrected chi connectivity index (χ0v) is 29.3. The number of nitrogens with one attached hydrogen (secondary N) is 2. The number of hydrogen-bond acceptors (Lipinski definition) is 9. The van der Waals surface area contributed by atoms with E-state index in [9.17, 15) is 19.2 Å². The number of carboxylic acid groups (broad SMARTS) is 2. The van der Waals surface area contributed by atoms with E-state index in [-0.39, 0.29) is 73.4 Å². The highest BCUT2D eigenvalue weighted by atomic mass is 79.9. The van der Waals surface area contributed by atoms with Gasteiger partial charge < -0.3 is 34.6 Å². The number of nitrogens with zero attached hydrogens (tertiary/aromatic N) is 2. The summed E-state index contributed by atoms with van der Waals surface area (Å²) in [5.74, 6) is -1.38. The Bertz CT molecular complexity index is 1470. The van der Waals surface area contributed by atoms with Crippen molar-refractivity contribution in [3.8, 4) is 17.2 Å². The number of carboxylic acids is 2. The van der Waals surface area contributed by atoms with E-state index in [1.807, 2.05) is 20.8 Å². The molecule has 0 atom stereocenters. The number of hydrogen-bond donors (Lipinski definition) is 4. The van der Waals surface area contributed by atoms with Crippen molar-refractivity contribution >= 4 is 46.4 Å². The summed E-state index contributed by atoms with van der Waals surface area (Å²) in [6.45, 7) is 8.60. The Kier molecular flexibility index (Phi) is 14.6. The second-order valence-corrected chi connectivity index (χ2v) is 12.0. The van der Waals surface area contributed by atoms with Crippen molar-refractivity contribution in [3.63, 3.8) is 0 Å². The van der Waals surface area contributed by atoms with Gasteiger partial charge in [-0.25, -0.2) is 4.98 Å². The average molecular weight is 722 g/mol. The number of unbranched alkanes of at least 4 members (excludes halogenated alkanes) is 2. The van der Waals surface area contributed by atoms with E-state index in [4.69, 9.17) is 29.8 Å². The summed E-state index contributed by atoms with van der Waals surface area (Å²) >= 11 is 0. The SMILES string of the molecule is Br.CCOc1cc2c(nc1C(=O)NC)C(=N)N(CC(=O)c1cc(OCCCCC(=O)O)c(OCCCCC(=O)O)c(C(C)(C)C)c1)C2. The number of Topliss-reactive ketones (excluding diaryl/α,β-unsaturated/α-hetero) is 1. The molecule has 0 radical (unpaired) electrons. The van der Waals surface area contributed by atoms with Gasteiger partial charge in [0.25, 0.3) is 5.91 Å². The van der Waals surface area contributed by atoms with E-state index in [2.05, 4.69) is 10.3 Å². The Hall–Kier alpha value is -4.20. The molecule has 0 saturated heterocycles. The van der Waals surface area contributed by atoms with Gasteiger partial charge in [0, 0.05) is 43.1 Å². The molecule has 258 valence electrons. The summed E-state index contributed by atoms with van der Waals surface area (Å²) in [4.78, 5) is 54.1. The standard InChI is InChI=1S/C33H44N4O9.BrH/c1-6-44-24-17-21-18-37(31(34)28(21)36-29(24)32(43)35-5)19-23(38)20-15-22(33(2,3)4)30(46-14-10-8-12-27(41)42)25(16-20)45-13-9-7-11-26(39)40;/h15-17,34H,6-14,18-19H2,1-5H3,(H,35,43)(H,39,40)(H,41,42);1H. The minimum Gasteiger partial charge on any atom is -0.491 e. The van der Waals surface area contributed by atoms with Gasteiger partial charge >= 0.3 is 11.9 Å². The minimum absolute atomic E-state index is 0. The first kappa shape index (κ1) is 39.0. The predicted molar refractivity (Wildman–Crippen MR) is 180 cm³/mol. The lowest BCUT2D eigenvalue weighted by atomic mass is 9.84. The molecule has 1 aromatic heterocycles. The molecule has 0 aliphatic carbocycles. The molecule has 0 unspecified atom stereocenters. The largest absolute Gasteiger partial charge is 0.491 e. The molecule has 2 heterocycles. The number of amidine groups is 1. The molecule has 4 N–H and O–H groups in total. The van der Waals surface area contributed by atoms with Gasteiger partial charge in [-0.15, -0.1) is 17.0 Å². The molecule has 0 saturated carbocycles. The van der Waals surface area contributed by atoms with E-state index in [1.54, 1.807) is 30.0 Å². The van der Waals surface area contributed by atoms with Gasteiger partial charge in [0.15, 0.2) is 28.7 Å². The second-order valence-electron chi connectivity index (χ2n) is 12.0. The number of carbonyl (C=O) groups excluding carboxylic acids is 2. The molecule has 47 heavy (non-hydrogen) atoms. The maximum Gasteiger partial charge on any atom is 0.303 e. The Morgan fingerprint density at radius 3 is 2.11 bits per heavy atom. The van der Waals surface area contributed by atoms with E-state index in [1.165, 1.54) is 7.05 Å². The predicted octanol–water partition coefficient (Wildman–Crippen LogP) is 5.01. The molecule has 13 nitrogen and oxygen atoms in total. The molecule has 1 aliphatic rings. The van der Waals surface area contributed by atoms with Gasteiger partial charge in [0.05, 0.1) is 26.4 Å². The van der Waals surface area contributed by atoms with Crippen molar-refractivity contribution in [1.29, 1.82) is 5.41 Å². The van der Waals surface area contributed by atoms with Crippen LogP contribution in [0.15, 0.2) is 18.2 Å². The number of ketones is 1. The maximum atomic E-state index is 13.8. The molecule has 0 spiro atoms. The van der Waals surface area contributed by atoms with Crippen LogP contribution in [-0.2, 0) is 21.5 Å². The number of pyridine rings is 1. The second kappa shape index (κ2) is 17.6. The van der Waals surface area contributed by atoms with Crippen LogP contribution in [0.25, 0.3) is 0 Å². The average Bonchev–Trinajstić information content (AvgIpc) is 3.28. The third-order valence-corrected chi connectivity index (χ3v) is 7.30. The number of halogens is 1. The Morgan fingerprint density at radius 2 is 1.55 bits per heavy atom. The molecule has 1 aromatic carbocycles. The number of aliphatic carboxylic acids is 2. The van der Waals surface area contributed by atoms with E-state index in [0.29, 0.717) is 66.4 Å². The molecule has 0 fully saturated rings. The fourth-order valence-electron chi connectivity index (χ4n) is 4.93. The highest BCUT2D eigenvalue weighted by molar-refractivity contribution is 8.93. The van der Waals surface area contributed by atoms with E-state index >= 15 is 0 Å². The van der Waals surface area contributed by atoms with Crippen molar-refractivity contribution in [2.24, 2.45) is 0 Å². The first-order valence-electron chi connectivity index (χ1n) is 15.4. The zero-order valence-electron chi connectivity index (χ0n) is 27.6. The molecular formula is C33H45BrN4O9.